The summed E-state index contributed by atoms with van der Waals surface area (Å²) >= 11 is 0. The van der Waals surface area contributed by atoms with Crippen LogP contribution in [0, 0.1) is 13.8 Å². The van der Waals surface area contributed by atoms with Crippen LogP contribution in [0.3, 0.4) is 0 Å². The van der Waals surface area contributed by atoms with Gasteiger partial charge in [-0.2, -0.15) is 13.2 Å². The highest BCUT2D eigenvalue weighted by molar-refractivity contribution is 6.46. The van der Waals surface area contributed by atoms with Crippen molar-refractivity contribution in [3.8, 4) is 5.75 Å². The fourth-order valence-corrected chi connectivity index (χ4v) is 3.69. The van der Waals surface area contributed by atoms with Crippen LogP contribution >= 0.6 is 0 Å². The molecule has 1 aliphatic heterocycles. The second-order valence-electron chi connectivity index (χ2n) is 7.90. The van der Waals surface area contributed by atoms with E-state index < -0.39 is 23.6 Å². The topological polar surface area (TPSA) is 58.6 Å². The summed E-state index contributed by atoms with van der Waals surface area (Å²) < 4.78 is 44.8. The van der Waals surface area contributed by atoms with Gasteiger partial charge in [-0.25, -0.2) is 4.90 Å². The Morgan fingerprint density at radius 2 is 1.56 bits per heavy atom. The minimum Gasteiger partial charge on any atom is -0.497 e. The number of rotatable bonds is 5. The molecule has 34 heavy (non-hydrogen) atoms. The molecule has 4 rings (SSSR count). The smallest absolute Gasteiger partial charge is 0.416 e. The van der Waals surface area contributed by atoms with Crippen LogP contribution in [-0.2, 0) is 15.8 Å². The average molecular weight is 466 g/mol. The number of ether oxygens (including phenoxy) is 1. The molecule has 8 heteroatoms. The number of carbonyl (C=O) groups is 2. The van der Waals surface area contributed by atoms with Crippen LogP contribution in [0.25, 0.3) is 5.57 Å². The van der Waals surface area contributed by atoms with Gasteiger partial charge in [0.25, 0.3) is 11.8 Å². The Labute approximate surface area is 194 Å². The van der Waals surface area contributed by atoms with Crippen molar-refractivity contribution in [3.63, 3.8) is 0 Å². The number of nitrogens with one attached hydrogen (secondary N) is 1. The highest BCUT2D eigenvalue weighted by Crippen LogP contribution is 2.36. The van der Waals surface area contributed by atoms with Gasteiger partial charge in [-0.05, 0) is 73.0 Å². The number of hydrogen-bond donors (Lipinski definition) is 1. The lowest BCUT2D eigenvalue weighted by molar-refractivity contribution is -0.137. The summed E-state index contributed by atoms with van der Waals surface area (Å²) in [6.45, 7) is 3.78. The Morgan fingerprint density at radius 1 is 0.853 bits per heavy atom. The van der Waals surface area contributed by atoms with Crippen molar-refractivity contribution in [2.24, 2.45) is 0 Å². The van der Waals surface area contributed by atoms with Gasteiger partial charge in [-0.3, -0.25) is 9.59 Å². The first-order chi connectivity index (χ1) is 16.1. The van der Waals surface area contributed by atoms with E-state index in [-0.39, 0.29) is 17.0 Å². The number of nitrogens with zero attached hydrogens (tertiary/aromatic N) is 1. The lowest BCUT2D eigenvalue weighted by Crippen LogP contribution is -2.32. The number of carbonyl (C=O) groups excluding carboxylic acids is 2. The van der Waals surface area contributed by atoms with Crippen molar-refractivity contribution >= 4 is 28.8 Å². The molecule has 0 spiro atoms. The van der Waals surface area contributed by atoms with Crippen LogP contribution in [0.5, 0.6) is 5.75 Å². The third-order valence-electron chi connectivity index (χ3n) is 5.67. The Hall–Kier alpha value is -4.07. The number of hydrogen-bond acceptors (Lipinski definition) is 4. The zero-order valence-corrected chi connectivity index (χ0v) is 18.7. The highest BCUT2D eigenvalue weighted by Gasteiger charge is 2.40. The van der Waals surface area contributed by atoms with Gasteiger partial charge in [0, 0.05) is 5.69 Å². The number of methoxy groups -OCH3 is 1. The summed E-state index contributed by atoms with van der Waals surface area (Å²) in [6, 6.07) is 16.2. The Balaban J connectivity index is 1.82. The number of benzene rings is 3. The zero-order valence-electron chi connectivity index (χ0n) is 18.7. The second-order valence-corrected chi connectivity index (χ2v) is 7.90. The lowest BCUT2D eigenvalue weighted by Gasteiger charge is -2.17. The molecule has 0 aromatic heterocycles. The monoisotopic (exact) mass is 466 g/mol. The zero-order chi connectivity index (χ0) is 24.6. The molecule has 0 saturated carbocycles. The minimum atomic E-state index is -4.55. The number of amides is 2. The van der Waals surface area contributed by atoms with Gasteiger partial charge in [0.2, 0.25) is 0 Å². The van der Waals surface area contributed by atoms with Gasteiger partial charge in [-0.15, -0.1) is 0 Å². The quantitative estimate of drug-likeness (QED) is 0.488. The number of aryl methyl sites for hydroxylation is 2. The van der Waals surface area contributed by atoms with Gasteiger partial charge in [0.05, 0.1) is 23.9 Å². The predicted molar refractivity (Wildman–Crippen MR) is 123 cm³/mol. The molecule has 1 heterocycles. The van der Waals surface area contributed by atoms with E-state index in [4.69, 9.17) is 4.74 Å². The van der Waals surface area contributed by atoms with Crippen LogP contribution in [-0.4, -0.2) is 18.9 Å². The molecule has 0 fully saturated rings. The van der Waals surface area contributed by atoms with Crippen molar-refractivity contribution in [3.05, 3.63) is 94.7 Å². The van der Waals surface area contributed by atoms with Gasteiger partial charge in [0.15, 0.2) is 0 Å². The summed E-state index contributed by atoms with van der Waals surface area (Å²) in [5.41, 5.74) is 1.82. The molecule has 174 valence electrons. The van der Waals surface area contributed by atoms with Crippen LogP contribution in [0.2, 0.25) is 0 Å². The number of halogens is 3. The number of anilines is 2. The first-order valence-corrected chi connectivity index (χ1v) is 10.4. The van der Waals surface area contributed by atoms with Crippen molar-refractivity contribution in [2.75, 3.05) is 17.3 Å². The average Bonchev–Trinajstić information content (AvgIpc) is 3.04. The Bertz CT molecular complexity index is 1310. The molecule has 0 bridgehead atoms. The number of alkyl halides is 3. The molecule has 0 radical (unpaired) electrons. The maximum Gasteiger partial charge on any atom is 0.416 e. The van der Waals surface area contributed by atoms with E-state index in [0.29, 0.717) is 17.0 Å². The van der Waals surface area contributed by atoms with Gasteiger partial charge in [0.1, 0.15) is 11.4 Å². The standard InChI is InChI=1S/C26H21F3N2O3/c1-15-7-10-20(13-16(15)2)31-24(32)22(17-8-11-21(34-3)12-9-17)23(25(31)33)30-19-6-4-5-18(14-19)26(27,28)29/h4-14,30H,1-3H3. The fourth-order valence-electron chi connectivity index (χ4n) is 3.69. The molecule has 5 nitrogen and oxygen atoms in total. The minimum absolute atomic E-state index is 0.0407. The van der Waals surface area contributed by atoms with Crippen LogP contribution in [0.1, 0.15) is 22.3 Å². The van der Waals surface area contributed by atoms with Gasteiger partial charge < -0.3 is 10.1 Å². The summed E-state index contributed by atoms with van der Waals surface area (Å²) in [4.78, 5) is 28.0. The first-order valence-electron chi connectivity index (χ1n) is 10.4. The van der Waals surface area contributed by atoms with E-state index in [9.17, 15) is 22.8 Å². The van der Waals surface area contributed by atoms with Crippen LogP contribution in [0.4, 0.5) is 24.5 Å². The lowest BCUT2D eigenvalue weighted by atomic mass is 10.0. The molecule has 0 atom stereocenters. The normalized spacial score (nSPS) is 14.1. The maximum absolute atomic E-state index is 13.5. The van der Waals surface area contributed by atoms with E-state index in [1.807, 2.05) is 13.8 Å². The number of imide groups is 1. The van der Waals surface area contributed by atoms with E-state index in [2.05, 4.69) is 5.32 Å². The SMILES string of the molecule is COc1ccc(C2=C(Nc3cccc(C(F)(F)F)c3)C(=O)N(c3ccc(C)c(C)c3)C2=O)cc1. The molecule has 2 amide bonds. The van der Waals surface area contributed by atoms with Crippen LogP contribution in [0.15, 0.2) is 72.4 Å². The Morgan fingerprint density at radius 3 is 2.18 bits per heavy atom. The van der Waals surface area contributed by atoms with E-state index in [0.717, 1.165) is 28.2 Å². The largest absolute Gasteiger partial charge is 0.497 e. The Kier molecular flexibility index (Phi) is 5.91. The molecule has 0 unspecified atom stereocenters. The second kappa shape index (κ2) is 8.70. The van der Waals surface area contributed by atoms with E-state index in [1.165, 1.54) is 19.2 Å². The molecule has 0 aliphatic carbocycles. The van der Waals surface area contributed by atoms with Crippen molar-refractivity contribution in [2.45, 2.75) is 20.0 Å². The van der Waals surface area contributed by atoms with Gasteiger partial charge >= 0.3 is 6.18 Å². The van der Waals surface area contributed by atoms with Crippen molar-refractivity contribution in [1.29, 1.82) is 0 Å². The summed E-state index contributed by atoms with van der Waals surface area (Å²) in [6.07, 6.45) is -4.55. The third kappa shape index (κ3) is 4.26. The van der Waals surface area contributed by atoms with Crippen molar-refractivity contribution < 1.29 is 27.5 Å². The highest BCUT2D eigenvalue weighted by atomic mass is 19.4. The molecule has 1 N–H and O–H groups in total. The summed E-state index contributed by atoms with van der Waals surface area (Å²) in [5, 5.41) is 2.77. The maximum atomic E-state index is 13.5. The molecule has 0 saturated heterocycles. The third-order valence-corrected chi connectivity index (χ3v) is 5.67. The van der Waals surface area contributed by atoms with Gasteiger partial charge in [-0.1, -0.05) is 24.3 Å². The molecule has 1 aliphatic rings. The summed E-state index contributed by atoms with van der Waals surface area (Å²) in [7, 11) is 1.50. The van der Waals surface area contributed by atoms with Crippen LogP contribution < -0.4 is 15.0 Å². The first kappa shape index (κ1) is 23.1. The molecular formula is C26H21F3N2O3. The summed E-state index contributed by atoms with van der Waals surface area (Å²) in [5.74, 6) is -0.677. The molecular weight excluding hydrogens is 445 g/mol. The van der Waals surface area contributed by atoms with E-state index in [1.54, 1.807) is 42.5 Å². The predicted octanol–water partition coefficient (Wildman–Crippen LogP) is 5.73. The van der Waals surface area contributed by atoms with E-state index >= 15 is 0 Å². The fraction of sp³-hybridized carbons (Fsp3) is 0.154. The molecule has 3 aromatic carbocycles. The molecule has 3 aromatic rings. The van der Waals surface area contributed by atoms with Crippen molar-refractivity contribution in [1.82, 2.24) is 0 Å².